The lowest BCUT2D eigenvalue weighted by molar-refractivity contribution is -0.124. The van der Waals surface area contributed by atoms with Crippen LogP contribution in [0.25, 0.3) is 0 Å². The van der Waals surface area contributed by atoms with E-state index in [2.05, 4.69) is 5.32 Å². The van der Waals surface area contributed by atoms with E-state index >= 15 is 0 Å². The molecule has 0 aromatic heterocycles. The largest absolute Gasteiger partial charge is 0.497 e. The Morgan fingerprint density at radius 2 is 1.46 bits per heavy atom. The highest BCUT2D eigenvalue weighted by Gasteiger charge is 2.44. The monoisotopic (exact) mass is 549 g/mol. The second-order valence-electron chi connectivity index (χ2n) is 8.78. The molecular formula is C29H31N3O6S. The molecule has 1 unspecified atom stereocenters. The zero-order chi connectivity index (χ0) is 27.9. The third-order valence-corrected chi connectivity index (χ3v) is 6.91. The standard InChI is InChI=1S/C29H31N3O6S/c1-35-22-10-6-20(7-11-22)30-27(33)18-24-28(34)32(21-8-12-23(36-2)13-9-21)29(39)31(24)16-15-19-5-14-25(37-3)26(17-19)38-4/h5-14,17,24H,15-16,18H2,1-4H3,(H,30,33). The number of methoxy groups -OCH3 is 4. The van der Waals surface area contributed by atoms with Gasteiger partial charge < -0.3 is 29.2 Å². The molecule has 1 fully saturated rings. The van der Waals surface area contributed by atoms with E-state index in [-0.39, 0.29) is 18.2 Å². The number of carbonyl (C=O) groups excluding carboxylic acids is 2. The van der Waals surface area contributed by atoms with Gasteiger partial charge in [0.25, 0.3) is 5.91 Å². The van der Waals surface area contributed by atoms with Gasteiger partial charge in [-0.1, -0.05) is 6.07 Å². The number of rotatable bonds is 11. The van der Waals surface area contributed by atoms with Crippen molar-refractivity contribution in [2.45, 2.75) is 18.9 Å². The van der Waals surface area contributed by atoms with Crippen molar-refractivity contribution < 1.29 is 28.5 Å². The normalized spacial score (nSPS) is 14.8. The van der Waals surface area contributed by atoms with Crippen LogP contribution in [0.5, 0.6) is 23.0 Å². The second-order valence-corrected chi connectivity index (χ2v) is 9.15. The third-order valence-electron chi connectivity index (χ3n) is 6.49. The molecule has 1 aliphatic rings. The molecular weight excluding hydrogens is 518 g/mol. The Labute approximate surface area is 233 Å². The predicted octanol–water partition coefficient (Wildman–Crippen LogP) is 4.29. The van der Waals surface area contributed by atoms with Crippen molar-refractivity contribution in [1.29, 1.82) is 0 Å². The quantitative estimate of drug-likeness (QED) is 0.355. The number of carbonyl (C=O) groups is 2. The molecule has 0 spiro atoms. The van der Waals surface area contributed by atoms with E-state index in [9.17, 15) is 9.59 Å². The lowest BCUT2D eigenvalue weighted by Gasteiger charge is -2.24. The van der Waals surface area contributed by atoms with Crippen LogP contribution in [0.3, 0.4) is 0 Å². The Hall–Kier alpha value is -4.31. The highest BCUT2D eigenvalue weighted by atomic mass is 32.1. The molecule has 2 amide bonds. The van der Waals surface area contributed by atoms with Gasteiger partial charge in [0.2, 0.25) is 5.91 Å². The lowest BCUT2D eigenvalue weighted by Crippen LogP contribution is -2.39. The van der Waals surface area contributed by atoms with Crippen molar-refractivity contribution in [2.24, 2.45) is 0 Å². The van der Waals surface area contributed by atoms with Gasteiger partial charge in [-0.05, 0) is 84.9 Å². The number of anilines is 2. The van der Waals surface area contributed by atoms with Crippen molar-refractivity contribution in [3.63, 3.8) is 0 Å². The van der Waals surface area contributed by atoms with Gasteiger partial charge in [-0.3, -0.25) is 14.5 Å². The van der Waals surface area contributed by atoms with Gasteiger partial charge >= 0.3 is 0 Å². The molecule has 9 nitrogen and oxygen atoms in total. The van der Waals surface area contributed by atoms with Crippen LogP contribution < -0.4 is 29.2 Å². The van der Waals surface area contributed by atoms with Gasteiger partial charge in [-0.15, -0.1) is 0 Å². The molecule has 10 heteroatoms. The van der Waals surface area contributed by atoms with Crippen LogP contribution in [0.4, 0.5) is 11.4 Å². The molecule has 204 valence electrons. The van der Waals surface area contributed by atoms with Crippen molar-refractivity contribution in [3.05, 3.63) is 72.3 Å². The number of thiocarbonyl (C=S) groups is 1. The first-order chi connectivity index (χ1) is 18.9. The Kier molecular flexibility index (Phi) is 8.88. The lowest BCUT2D eigenvalue weighted by atomic mass is 10.1. The number of nitrogens with one attached hydrogen (secondary N) is 1. The van der Waals surface area contributed by atoms with E-state index < -0.39 is 6.04 Å². The molecule has 0 aliphatic carbocycles. The number of hydrogen-bond donors (Lipinski definition) is 1. The maximum Gasteiger partial charge on any atom is 0.256 e. The van der Waals surface area contributed by atoms with E-state index in [1.54, 1.807) is 77.0 Å². The topological polar surface area (TPSA) is 89.6 Å². The van der Waals surface area contributed by atoms with Crippen LogP contribution in [-0.2, 0) is 16.0 Å². The van der Waals surface area contributed by atoms with E-state index in [1.807, 2.05) is 23.1 Å². The van der Waals surface area contributed by atoms with E-state index in [0.717, 1.165) is 5.56 Å². The number of hydrogen-bond acceptors (Lipinski definition) is 7. The summed E-state index contributed by atoms with van der Waals surface area (Å²) in [5, 5.41) is 3.21. The first-order valence-corrected chi connectivity index (χ1v) is 12.7. The van der Waals surface area contributed by atoms with Gasteiger partial charge in [0.05, 0.1) is 40.5 Å². The fourth-order valence-corrected chi connectivity index (χ4v) is 4.82. The van der Waals surface area contributed by atoms with Crippen LogP contribution in [-0.4, -0.2) is 62.9 Å². The summed E-state index contributed by atoms with van der Waals surface area (Å²) < 4.78 is 21.2. The fourth-order valence-electron chi connectivity index (χ4n) is 4.40. The van der Waals surface area contributed by atoms with Gasteiger partial charge in [0, 0.05) is 12.2 Å². The maximum absolute atomic E-state index is 13.7. The summed E-state index contributed by atoms with van der Waals surface area (Å²) in [4.78, 5) is 30.0. The van der Waals surface area contributed by atoms with Gasteiger partial charge in [0.1, 0.15) is 17.5 Å². The second kappa shape index (κ2) is 12.5. The zero-order valence-corrected chi connectivity index (χ0v) is 23.1. The minimum Gasteiger partial charge on any atom is -0.497 e. The SMILES string of the molecule is COc1ccc(NC(=O)CC2C(=O)N(c3ccc(OC)cc3)C(=S)N2CCc2ccc(OC)c(OC)c2)cc1. The molecule has 3 aromatic rings. The van der Waals surface area contributed by atoms with Gasteiger partial charge in [-0.2, -0.15) is 0 Å². The maximum atomic E-state index is 13.7. The minimum atomic E-state index is -0.766. The third kappa shape index (κ3) is 6.23. The summed E-state index contributed by atoms with van der Waals surface area (Å²) in [6.07, 6.45) is 0.504. The Morgan fingerprint density at radius 3 is 2.05 bits per heavy atom. The van der Waals surface area contributed by atoms with Crippen molar-refractivity contribution in [1.82, 2.24) is 4.90 Å². The van der Waals surface area contributed by atoms with Crippen LogP contribution in [0.1, 0.15) is 12.0 Å². The molecule has 3 aromatic carbocycles. The predicted molar refractivity (Wildman–Crippen MR) is 153 cm³/mol. The molecule has 4 rings (SSSR count). The molecule has 0 bridgehead atoms. The smallest absolute Gasteiger partial charge is 0.256 e. The van der Waals surface area contributed by atoms with Crippen LogP contribution in [0.2, 0.25) is 0 Å². The molecule has 1 saturated heterocycles. The minimum absolute atomic E-state index is 0.0659. The van der Waals surface area contributed by atoms with Gasteiger partial charge in [-0.25, -0.2) is 0 Å². The highest BCUT2D eigenvalue weighted by Crippen LogP contribution is 2.31. The summed E-state index contributed by atoms with van der Waals surface area (Å²) in [6, 6.07) is 19.0. The molecule has 0 saturated carbocycles. The number of amides is 2. The average molecular weight is 550 g/mol. The van der Waals surface area contributed by atoms with Crippen LogP contribution >= 0.6 is 12.2 Å². The number of nitrogens with zero attached hydrogens (tertiary/aromatic N) is 2. The van der Waals surface area contributed by atoms with Crippen LogP contribution in [0, 0.1) is 0 Å². The summed E-state index contributed by atoms with van der Waals surface area (Å²) in [6.45, 7) is 0.424. The number of benzene rings is 3. The van der Waals surface area contributed by atoms with Crippen molar-refractivity contribution >= 4 is 40.5 Å². The van der Waals surface area contributed by atoms with Gasteiger partial charge in [0.15, 0.2) is 16.6 Å². The molecule has 39 heavy (non-hydrogen) atoms. The van der Waals surface area contributed by atoms with Crippen molar-refractivity contribution in [2.75, 3.05) is 45.2 Å². The first kappa shape index (κ1) is 27.7. The molecule has 1 N–H and O–H groups in total. The number of ether oxygens (including phenoxy) is 4. The highest BCUT2D eigenvalue weighted by molar-refractivity contribution is 7.80. The van der Waals surface area contributed by atoms with Crippen molar-refractivity contribution in [3.8, 4) is 23.0 Å². The average Bonchev–Trinajstić information content (AvgIpc) is 3.19. The van der Waals surface area contributed by atoms with E-state index in [0.29, 0.717) is 52.5 Å². The first-order valence-electron chi connectivity index (χ1n) is 12.3. The van der Waals surface area contributed by atoms with Crippen LogP contribution in [0.15, 0.2) is 66.7 Å². The molecule has 1 heterocycles. The summed E-state index contributed by atoms with van der Waals surface area (Å²) in [5.74, 6) is 2.03. The van der Waals surface area contributed by atoms with E-state index in [4.69, 9.17) is 31.2 Å². The Morgan fingerprint density at radius 1 is 0.846 bits per heavy atom. The molecule has 1 aliphatic heterocycles. The fraction of sp³-hybridized carbons (Fsp3) is 0.276. The summed E-state index contributed by atoms with van der Waals surface area (Å²) in [5.41, 5.74) is 2.20. The Bertz CT molecular complexity index is 1330. The summed E-state index contributed by atoms with van der Waals surface area (Å²) >= 11 is 5.78. The van der Waals surface area contributed by atoms with E-state index in [1.165, 1.54) is 4.90 Å². The zero-order valence-electron chi connectivity index (χ0n) is 22.3. The molecule has 0 radical (unpaired) electrons. The summed E-state index contributed by atoms with van der Waals surface area (Å²) in [7, 11) is 6.32. The Balaban J connectivity index is 1.56. The molecule has 1 atom stereocenters.